The Morgan fingerprint density at radius 2 is 1.60 bits per heavy atom. The topological polar surface area (TPSA) is 105 Å². The minimum Gasteiger partial charge on any atom is -0.478 e. The molecule has 1 aliphatic carbocycles. The lowest BCUT2D eigenvalue weighted by atomic mass is 9.70. The lowest BCUT2D eigenvalue weighted by molar-refractivity contribution is -0.223. The maximum Gasteiger partial charge on any atom is 0.402 e. The van der Waals surface area contributed by atoms with E-state index in [1.807, 2.05) is 0 Å². The van der Waals surface area contributed by atoms with Crippen LogP contribution in [0, 0.1) is 28.4 Å². The summed E-state index contributed by atoms with van der Waals surface area (Å²) in [6, 6.07) is 8.11. The average Bonchev–Trinajstić information content (AvgIpc) is 3.70. The second kappa shape index (κ2) is 14.1. The molecule has 53 heavy (non-hydrogen) atoms. The lowest BCUT2D eigenvalue weighted by Gasteiger charge is -2.52. The summed E-state index contributed by atoms with van der Waals surface area (Å²) >= 11 is 0. The molecule has 9 nitrogen and oxygen atoms in total. The van der Waals surface area contributed by atoms with Crippen LogP contribution in [0.25, 0.3) is 0 Å². The van der Waals surface area contributed by atoms with Gasteiger partial charge in [0.1, 0.15) is 17.0 Å². The number of carboxylic acid groups (broad SMARTS) is 1. The van der Waals surface area contributed by atoms with E-state index in [9.17, 15) is 45.8 Å². The number of benzene rings is 2. The van der Waals surface area contributed by atoms with Crippen LogP contribution in [0.5, 0.6) is 0 Å². The van der Waals surface area contributed by atoms with Crippen LogP contribution in [-0.2, 0) is 22.7 Å². The zero-order chi connectivity index (χ0) is 38.5. The highest BCUT2D eigenvalue weighted by molar-refractivity contribution is 5.94. The summed E-state index contributed by atoms with van der Waals surface area (Å²) in [4.78, 5) is 41.8. The summed E-state index contributed by atoms with van der Waals surface area (Å²) in [5.41, 5.74) is -2.89. The van der Waals surface area contributed by atoms with Gasteiger partial charge in [0.15, 0.2) is 0 Å². The Hall–Kier alpha value is -4.47. The minimum absolute atomic E-state index is 0.0830. The first-order chi connectivity index (χ1) is 24.8. The van der Waals surface area contributed by atoms with Crippen LogP contribution in [0.4, 0.5) is 30.7 Å². The third-order valence-corrected chi connectivity index (χ3v) is 11.0. The number of carbonyl (C=O) groups is 3. The van der Waals surface area contributed by atoms with Crippen molar-refractivity contribution in [1.29, 1.82) is 0 Å². The molecule has 1 spiro atoms. The molecule has 1 aromatic heterocycles. The third-order valence-electron chi connectivity index (χ3n) is 11.0. The first kappa shape index (κ1) is 38.3. The molecule has 1 N–H and O–H groups in total. The van der Waals surface area contributed by atoms with Crippen molar-refractivity contribution in [3.05, 3.63) is 88.2 Å². The molecule has 0 unspecified atom stereocenters. The van der Waals surface area contributed by atoms with Gasteiger partial charge in [-0.2, -0.15) is 18.3 Å². The molecule has 1 atom stereocenters. The molecule has 3 fully saturated rings. The maximum absolute atomic E-state index is 15.1. The number of nitrogens with zero attached hydrogens (tertiary/aromatic N) is 4. The van der Waals surface area contributed by atoms with E-state index in [0.29, 0.717) is 0 Å². The first-order valence-electron chi connectivity index (χ1n) is 17.2. The third kappa shape index (κ3) is 7.64. The Kier molecular flexibility index (Phi) is 10.2. The van der Waals surface area contributed by atoms with Crippen molar-refractivity contribution in [1.82, 2.24) is 19.6 Å². The number of rotatable bonds is 10. The zero-order valence-corrected chi connectivity index (χ0v) is 29.1. The van der Waals surface area contributed by atoms with Crippen molar-refractivity contribution in [2.45, 2.75) is 70.7 Å². The Bertz CT molecular complexity index is 1860. The van der Waals surface area contributed by atoms with Gasteiger partial charge in [-0.15, -0.1) is 0 Å². The van der Waals surface area contributed by atoms with E-state index in [1.165, 1.54) is 40.2 Å². The molecule has 2 saturated heterocycles. The number of halogens is 7. The van der Waals surface area contributed by atoms with Crippen molar-refractivity contribution in [2.75, 3.05) is 32.8 Å². The lowest BCUT2D eigenvalue weighted by Crippen LogP contribution is -2.66. The fourth-order valence-electron chi connectivity index (χ4n) is 7.72. The molecule has 0 radical (unpaired) electrons. The van der Waals surface area contributed by atoms with Crippen LogP contribution in [0.1, 0.15) is 82.9 Å². The van der Waals surface area contributed by atoms with E-state index >= 15 is 4.39 Å². The molecule has 16 heteroatoms. The normalized spacial score (nSPS) is 20.1. The second-order valence-electron chi connectivity index (χ2n) is 15.0. The van der Waals surface area contributed by atoms with Gasteiger partial charge in [-0.3, -0.25) is 14.3 Å². The van der Waals surface area contributed by atoms with Crippen LogP contribution in [-0.4, -0.2) is 87.4 Å². The van der Waals surface area contributed by atoms with Gasteiger partial charge in [0, 0.05) is 62.1 Å². The number of carboxylic acids is 1. The van der Waals surface area contributed by atoms with Gasteiger partial charge < -0.3 is 19.6 Å². The Morgan fingerprint density at radius 1 is 0.962 bits per heavy atom. The number of ether oxygens (including phenoxy) is 1. The van der Waals surface area contributed by atoms with E-state index < -0.39 is 77.0 Å². The summed E-state index contributed by atoms with van der Waals surface area (Å²) in [6.45, 7) is 1.51. The predicted octanol–water partition coefficient (Wildman–Crippen LogP) is 6.91. The molecule has 2 aromatic carbocycles. The second-order valence-corrected chi connectivity index (χ2v) is 15.0. The Morgan fingerprint density at radius 3 is 2.23 bits per heavy atom. The number of amides is 2. The standard InChI is InChI=1S/C37H39F7N4O5/c1-34(2,37(42,43)44)33(52)47-20-35(21-47)19-46(31(49)25-13-45-48(15-25)14-22-3-6-27(38)7-4-22)16-26(35)18-53-17-24-5-8-28(39)29(30(24)32(50)51)23-9-11-36(40,41)12-10-23/h3-8,13,15,23,26H,9-12,14,16-21H2,1-2H3,(H,50,51)/t26-/m0/s1. The number of carbonyl (C=O) groups excluding carboxylic acids is 2. The van der Waals surface area contributed by atoms with Gasteiger partial charge in [0.05, 0.1) is 37.1 Å². The van der Waals surface area contributed by atoms with E-state index in [4.69, 9.17) is 4.74 Å². The summed E-state index contributed by atoms with van der Waals surface area (Å²) in [5, 5.41) is 14.3. The fourth-order valence-corrected chi connectivity index (χ4v) is 7.72. The van der Waals surface area contributed by atoms with Crippen LogP contribution in [0.15, 0.2) is 48.8 Å². The van der Waals surface area contributed by atoms with Crippen molar-refractivity contribution >= 4 is 17.8 Å². The highest BCUT2D eigenvalue weighted by Crippen LogP contribution is 2.48. The molecule has 6 rings (SSSR count). The van der Waals surface area contributed by atoms with Gasteiger partial charge in [-0.05, 0) is 61.9 Å². The highest BCUT2D eigenvalue weighted by atomic mass is 19.4. The minimum atomic E-state index is -4.80. The van der Waals surface area contributed by atoms with Crippen molar-refractivity contribution < 1.29 is 55.0 Å². The van der Waals surface area contributed by atoms with Gasteiger partial charge >= 0.3 is 12.1 Å². The quantitative estimate of drug-likeness (QED) is 0.226. The molecular weight excluding hydrogens is 713 g/mol. The van der Waals surface area contributed by atoms with Gasteiger partial charge in [0.2, 0.25) is 11.8 Å². The van der Waals surface area contributed by atoms with Crippen LogP contribution >= 0.6 is 0 Å². The van der Waals surface area contributed by atoms with Crippen molar-refractivity contribution in [3.8, 4) is 0 Å². The van der Waals surface area contributed by atoms with Crippen molar-refractivity contribution in [3.63, 3.8) is 0 Å². The van der Waals surface area contributed by atoms with Crippen molar-refractivity contribution in [2.24, 2.45) is 16.7 Å². The van der Waals surface area contributed by atoms with E-state index in [-0.39, 0.29) is 81.0 Å². The van der Waals surface area contributed by atoms with E-state index in [1.54, 1.807) is 12.1 Å². The molecule has 3 aliphatic rings. The zero-order valence-electron chi connectivity index (χ0n) is 29.1. The average molecular weight is 753 g/mol. The number of aromatic carboxylic acids is 1. The summed E-state index contributed by atoms with van der Waals surface area (Å²) in [5.74, 6) is -8.29. The Balaban J connectivity index is 1.19. The van der Waals surface area contributed by atoms with Crippen LogP contribution < -0.4 is 0 Å². The van der Waals surface area contributed by atoms with Gasteiger partial charge in [-0.1, -0.05) is 18.2 Å². The maximum atomic E-state index is 15.1. The molecule has 2 amide bonds. The van der Waals surface area contributed by atoms with E-state index in [0.717, 1.165) is 30.4 Å². The molecule has 3 heterocycles. The molecule has 1 saturated carbocycles. The number of likely N-dealkylation sites (tertiary alicyclic amines) is 2. The van der Waals surface area contributed by atoms with Gasteiger partial charge in [-0.25, -0.2) is 22.4 Å². The number of alkyl halides is 5. The molecule has 286 valence electrons. The molecule has 2 aliphatic heterocycles. The van der Waals surface area contributed by atoms with E-state index in [2.05, 4.69) is 5.10 Å². The highest BCUT2D eigenvalue weighted by Gasteiger charge is 2.61. The molecule has 3 aromatic rings. The smallest absolute Gasteiger partial charge is 0.402 e. The van der Waals surface area contributed by atoms with Crippen LogP contribution in [0.3, 0.4) is 0 Å². The summed E-state index contributed by atoms with van der Waals surface area (Å²) < 4.78 is 105. The first-order valence-corrected chi connectivity index (χ1v) is 17.2. The fraction of sp³-hybridized carbons (Fsp3) is 0.514. The summed E-state index contributed by atoms with van der Waals surface area (Å²) in [6.07, 6.45) is -3.07. The molecular formula is C37H39F7N4O5. The number of hydrogen-bond acceptors (Lipinski definition) is 5. The largest absolute Gasteiger partial charge is 0.478 e. The number of hydrogen-bond donors (Lipinski definition) is 1. The molecule has 0 bridgehead atoms. The Labute approximate surface area is 300 Å². The van der Waals surface area contributed by atoms with Gasteiger partial charge in [0.25, 0.3) is 5.91 Å². The SMILES string of the molecule is CC(C)(C(=O)N1CC2(CN(C(=O)c3cnn(Cc4ccc(F)cc4)c3)C[C@H]2COCc2ccc(F)c(C3CCC(F)(F)CC3)c2C(=O)O)C1)C(F)(F)F. The summed E-state index contributed by atoms with van der Waals surface area (Å²) in [7, 11) is 0. The number of aromatic nitrogens is 2. The predicted molar refractivity (Wildman–Crippen MR) is 175 cm³/mol. The van der Waals surface area contributed by atoms with Crippen LogP contribution in [0.2, 0.25) is 0 Å². The monoisotopic (exact) mass is 752 g/mol.